The molecule has 0 heterocycles. The van der Waals surface area contributed by atoms with Crippen LogP contribution in [0.5, 0.6) is 0 Å². The molecule has 9 aromatic rings. The number of benzene rings is 9. The van der Waals surface area contributed by atoms with Crippen LogP contribution in [-0.2, 0) is 0 Å². The van der Waals surface area contributed by atoms with Crippen molar-refractivity contribution >= 4 is 57.0 Å². The van der Waals surface area contributed by atoms with E-state index in [1.807, 2.05) is 0 Å². The summed E-state index contributed by atoms with van der Waals surface area (Å²) >= 11 is 0. The van der Waals surface area contributed by atoms with Crippen LogP contribution >= 0.6 is 0 Å². The van der Waals surface area contributed by atoms with Crippen LogP contribution in [0.1, 0.15) is 11.1 Å². The average Bonchev–Trinajstić information content (AvgIpc) is 3.28. The molecule has 0 aliphatic carbocycles. The van der Waals surface area contributed by atoms with Gasteiger partial charge in [0.15, 0.2) is 0 Å². The smallest absolute Gasteiger partial charge is 0.0468 e. The molecule has 0 saturated heterocycles. The Labute approximate surface area is 329 Å². The number of hydrogen-bond acceptors (Lipinski definition) is 2. The van der Waals surface area contributed by atoms with E-state index in [0.29, 0.717) is 0 Å². The van der Waals surface area contributed by atoms with Gasteiger partial charge in [-0.3, -0.25) is 0 Å². The van der Waals surface area contributed by atoms with Crippen molar-refractivity contribution in [3.8, 4) is 22.3 Å². The van der Waals surface area contributed by atoms with E-state index in [1.165, 1.54) is 33.0 Å². The first-order valence-corrected chi connectivity index (χ1v) is 19.1. The van der Waals surface area contributed by atoms with Gasteiger partial charge in [-0.1, -0.05) is 164 Å². The van der Waals surface area contributed by atoms with Crippen LogP contribution < -0.4 is 9.80 Å². The second-order valence-electron chi connectivity index (χ2n) is 13.9. The molecule has 9 aromatic carbocycles. The van der Waals surface area contributed by atoms with E-state index < -0.39 is 0 Å². The zero-order valence-electron chi connectivity index (χ0n) is 31.0. The molecule has 0 N–H and O–H groups in total. The van der Waals surface area contributed by atoms with Crippen molar-refractivity contribution in [1.29, 1.82) is 0 Å². The normalized spacial score (nSPS) is 11.1. The van der Waals surface area contributed by atoms with Crippen molar-refractivity contribution in [2.45, 2.75) is 0 Å². The predicted molar refractivity (Wildman–Crippen MR) is 240 cm³/mol. The zero-order chi connectivity index (χ0) is 37.5. The second kappa shape index (κ2) is 15.9. The number of fused-ring (bicyclic) bond motifs is 1. The Morgan fingerprint density at radius 3 is 1.14 bits per heavy atom. The standard InChI is InChI=1S/C54H40N2/c1-5-15-43(16-6-1)45-19-13-25-52(38-45)55(49-21-9-3-10-22-49)51-34-30-41(31-35-51)27-28-42-29-32-48-40-54(36-33-47(48)37-42)56(50-23-11-4-12-24-50)53-26-14-20-46(39-53)44-17-7-2-8-18-44/h1-40H. The molecule has 0 spiro atoms. The molecule has 0 aliphatic rings. The molecule has 266 valence electrons. The highest BCUT2D eigenvalue weighted by atomic mass is 15.1. The molecule has 0 amide bonds. The van der Waals surface area contributed by atoms with Crippen LogP contribution in [0.3, 0.4) is 0 Å². The largest absolute Gasteiger partial charge is 0.310 e. The zero-order valence-corrected chi connectivity index (χ0v) is 31.0. The van der Waals surface area contributed by atoms with Gasteiger partial charge in [0, 0.05) is 34.1 Å². The molecular weight excluding hydrogens is 677 g/mol. The Hall–Kier alpha value is -7.42. The summed E-state index contributed by atoms with van der Waals surface area (Å²) in [4.78, 5) is 4.65. The van der Waals surface area contributed by atoms with Crippen LogP contribution in [0, 0.1) is 0 Å². The Morgan fingerprint density at radius 2 is 0.589 bits per heavy atom. The highest BCUT2D eigenvalue weighted by Crippen LogP contribution is 2.39. The first-order valence-electron chi connectivity index (χ1n) is 19.1. The van der Waals surface area contributed by atoms with E-state index in [1.54, 1.807) is 0 Å². The maximum absolute atomic E-state index is 2.34. The van der Waals surface area contributed by atoms with Gasteiger partial charge in [0.05, 0.1) is 0 Å². The molecule has 0 radical (unpaired) electrons. The minimum atomic E-state index is 1.11. The molecule has 0 atom stereocenters. The van der Waals surface area contributed by atoms with Gasteiger partial charge in [0.2, 0.25) is 0 Å². The van der Waals surface area contributed by atoms with Crippen LogP contribution in [0.4, 0.5) is 34.1 Å². The Kier molecular flexibility index (Phi) is 9.75. The van der Waals surface area contributed by atoms with E-state index >= 15 is 0 Å². The molecule has 0 unspecified atom stereocenters. The molecule has 2 heteroatoms. The van der Waals surface area contributed by atoms with Gasteiger partial charge >= 0.3 is 0 Å². The van der Waals surface area contributed by atoms with Gasteiger partial charge in [0.25, 0.3) is 0 Å². The van der Waals surface area contributed by atoms with E-state index in [2.05, 4.69) is 252 Å². The van der Waals surface area contributed by atoms with E-state index in [-0.39, 0.29) is 0 Å². The molecule has 0 bridgehead atoms. The second-order valence-corrected chi connectivity index (χ2v) is 13.9. The van der Waals surface area contributed by atoms with Crippen LogP contribution in [0.15, 0.2) is 231 Å². The Bertz CT molecular complexity index is 2720. The molecular formula is C54H40N2. The lowest BCUT2D eigenvalue weighted by molar-refractivity contribution is 1.28. The summed E-state index contributed by atoms with van der Waals surface area (Å²) < 4.78 is 0. The van der Waals surface area contributed by atoms with Crippen molar-refractivity contribution in [2.24, 2.45) is 0 Å². The summed E-state index contributed by atoms with van der Waals surface area (Å²) in [5.41, 5.74) is 13.8. The molecule has 0 fully saturated rings. The maximum Gasteiger partial charge on any atom is 0.0468 e. The van der Waals surface area contributed by atoms with Crippen LogP contribution in [0.25, 0.3) is 45.2 Å². The summed E-state index contributed by atoms with van der Waals surface area (Å²) in [5, 5.41) is 2.40. The molecule has 0 saturated carbocycles. The minimum absolute atomic E-state index is 1.11. The summed E-state index contributed by atoms with van der Waals surface area (Å²) in [7, 11) is 0. The van der Waals surface area contributed by atoms with Gasteiger partial charge in [-0.15, -0.1) is 0 Å². The number of nitrogens with zero attached hydrogens (tertiary/aromatic N) is 2. The molecule has 0 aliphatic heterocycles. The van der Waals surface area contributed by atoms with Gasteiger partial charge in [-0.2, -0.15) is 0 Å². The van der Waals surface area contributed by atoms with E-state index in [0.717, 1.165) is 45.3 Å². The van der Waals surface area contributed by atoms with Crippen molar-refractivity contribution in [2.75, 3.05) is 9.80 Å². The first-order chi connectivity index (χ1) is 27.7. The lowest BCUT2D eigenvalue weighted by Gasteiger charge is -2.26. The lowest BCUT2D eigenvalue weighted by atomic mass is 10.0. The Morgan fingerprint density at radius 1 is 0.232 bits per heavy atom. The van der Waals surface area contributed by atoms with E-state index in [4.69, 9.17) is 0 Å². The topological polar surface area (TPSA) is 6.48 Å². The van der Waals surface area contributed by atoms with Crippen molar-refractivity contribution in [3.63, 3.8) is 0 Å². The third-order valence-electron chi connectivity index (χ3n) is 10.2. The third kappa shape index (κ3) is 7.50. The van der Waals surface area contributed by atoms with Crippen molar-refractivity contribution in [3.05, 3.63) is 242 Å². The number of anilines is 6. The summed E-state index contributed by atoms with van der Waals surface area (Å²) in [6, 6.07) is 82.1. The van der Waals surface area contributed by atoms with Crippen molar-refractivity contribution < 1.29 is 0 Å². The highest BCUT2D eigenvalue weighted by molar-refractivity contribution is 5.92. The van der Waals surface area contributed by atoms with E-state index in [9.17, 15) is 0 Å². The summed E-state index contributed by atoms with van der Waals surface area (Å²) in [6.45, 7) is 0. The fourth-order valence-electron chi connectivity index (χ4n) is 7.38. The van der Waals surface area contributed by atoms with Gasteiger partial charge in [-0.05, 0) is 123 Å². The highest BCUT2D eigenvalue weighted by Gasteiger charge is 2.15. The van der Waals surface area contributed by atoms with Gasteiger partial charge in [-0.25, -0.2) is 0 Å². The van der Waals surface area contributed by atoms with Crippen molar-refractivity contribution in [1.82, 2.24) is 0 Å². The number of para-hydroxylation sites is 2. The lowest BCUT2D eigenvalue weighted by Crippen LogP contribution is -2.09. The maximum atomic E-state index is 2.34. The minimum Gasteiger partial charge on any atom is -0.310 e. The predicted octanol–water partition coefficient (Wildman–Crippen LogP) is 15.3. The van der Waals surface area contributed by atoms with Gasteiger partial charge < -0.3 is 9.80 Å². The fraction of sp³-hybridized carbons (Fsp3) is 0. The summed E-state index contributed by atoms with van der Waals surface area (Å²) in [6.07, 6.45) is 4.39. The monoisotopic (exact) mass is 716 g/mol. The first kappa shape index (κ1) is 34.4. The molecule has 9 rings (SSSR count). The third-order valence-corrected chi connectivity index (χ3v) is 10.2. The van der Waals surface area contributed by atoms with Crippen LogP contribution in [-0.4, -0.2) is 0 Å². The van der Waals surface area contributed by atoms with Gasteiger partial charge in [0.1, 0.15) is 0 Å². The SMILES string of the molecule is C(=Cc1ccc2cc(N(c3ccccc3)c3cccc(-c4ccccc4)c3)ccc2c1)c1ccc(N(c2ccccc2)c2cccc(-c3ccccc3)c2)cc1. The quantitative estimate of drug-likeness (QED) is 0.130. The average molecular weight is 717 g/mol. The molecule has 0 aromatic heterocycles. The van der Waals surface area contributed by atoms with Crippen LogP contribution in [0.2, 0.25) is 0 Å². The molecule has 2 nitrogen and oxygen atoms in total. The number of hydrogen-bond donors (Lipinski definition) is 0. The fourth-order valence-corrected chi connectivity index (χ4v) is 7.38. The Balaban J connectivity index is 0.979. The molecule has 56 heavy (non-hydrogen) atoms. The number of rotatable bonds is 10. The summed E-state index contributed by atoms with van der Waals surface area (Å²) in [5.74, 6) is 0.